The second-order valence-corrected chi connectivity index (χ2v) is 2.68. The van der Waals surface area contributed by atoms with Crippen LogP contribution in [0.25, 0.3) is 0 Å². The zero-order valence-corrected chi connectivity index (χ0v) is 8.30. The monoisotopic (exact) mass is 211 g/mol. The summed E-state index contributed by atoms with van der Waals surface area (Å²) in [6, 6.07) is 1.31. The molecule has 0 amide bonds. The van der Waals surface area contributed by atoms with E-state index in [-0.39, 0.29) is 16.9 Å². The van der Waals surface area contributed by atoms with Crippen LogP contribution in [0, 0.1) is 0 Å². The maximum Gasteiger partial charge on any atom is 0.490 e. The Morgan fingerprint density at radius 3 is 2.60 bits per heavy atom. The maximum absolute atomic E-state index is 11.2. The second kappa shape index (κ2) is 4.76. The van der Waals surface area contributed by atoms with E-state index >= 15 is 0 Å². The lowest BCUT2D eigenvalue weighted by Gasteiger charge is -2.07. The molecular weight excluding hydrogens is 201 g/mol. The molecule has 0 bridgehead atoms. The Labute approximate surface area is 86.6 Å². The number of ether oxygens (including phenoxy) is 2. The van der Waals surface area contributed by atoms with Gasteiger partial charge in [0.2, 0.25) is 0 Å². The van der Waals surface area contributed by atoms with Gasteiger partial charge >= 0.3 is 13.1 Å². The summed E-state index contributed by atoms with van der Waals surface area (Å²) < 4.78 is 9.35. The van der Waals surface area contributed by atoms with E-state index in [0.29, 0.717) is 0 Å². The average Bonchev–Trinajstić information content (AvgIpc) is 2.27. The third-order valence-corrected chi connectivity index (χ3v) is 1.77. The first kappa shape index (κ1) is 11.5. The van der Waals surface area contributed by atoms with E-state index in [1.807, 2.05) is 0 Å². The Bertz CT molecular complexity index is 368. The second-order valence-electron chi connectivity index (χ2n) is 2.68. The molecule has 1 aromatic heterocycles. The molecule has 0 saturated heterocycles. The zero-order valence-electron chi connectivity index (χ0n) is 8.30. The molecule has 0 radical (unpaired) electrons. The smallest absolute Gasteiger partial charge is 0.490 e. The molecule has 0 aliphatic heterocycles. The number of rotatable bonds is 3. The van der Waals surface area contributed by atoms with E-state index in [0.717, 1.165) is 0 Å². The first-order valence-corrected chi connectivity index (χ1v) is 4.08. The van der Waals surface area contributed by atoms with Crippen LogP contribution in [0.5, 0.6) is 5.75 Å². The number of esters is 1. The minimum absolute atomic E-state index is 0.00981. The number of hydrogen-bond donors (Lipinski definition) is 2. The molecule has 6 nitrogen and oxygen atoms in total. The average molecular weight is 211 g/mol. The number of aromatic nitrogens is 1. The number of carbonyl (C=O) groups is 1. The predicted octanol–water partition coefficient (Wildman–Crippen LogP) is -1.44. The molecule has 0 aromatic carbocycles. The zero-order chi connectivity index (χ0) is 11.4. The number of carbonyl (C=O) groups excluding carboxylic acids is 1. The van der Waals surface area contributed by atoms with Crippen LogP contribution in [0.15, 0.2) is 12.3 Å². The van der Waals surface area contributed by atoms with E-state index in [2.05, 4.69) is 9.72 Å². The van der Waals surface area contributed by atoms with Gasteiger partial charge in [-0.3, -0.25) is 0 Å². The van der Waals surface area contributed by atoms with Gasteiger partial charge in [-0.05, 0) is 6.07 Å². The van der Waals surface area contributed by atoms with E-state index < -0.39 is 13.1 Å². The highest BCUT2D eigenvalue weighted by Crippen LogP contribution is 2.14. The van der Waals surface area contributed by atoms with Crippen molar-refractivity contribution in [1.82, 2.24) is 4.98 Å². The molecule has 0 fully saturated rings. The van der Waals surface area contributed by atoms with Crippen LogP contribution in [0.2, 0.25) is 0 Å². The quantitative estimate of drug-likeness (QED) is 0.470. The Hall–Kier alpha value is -1.60. The van der Waals surface area contributed by atoms with Gasteiger partial charge in [0, 0.05) is 11.7 Å². The van der Waals surface area contributed by atoms with Gasteiger partial charge in [-0.1, -0.05) is 0 Å². The van der Waals surface area contributed by atoms with Gasteiger partial charge in [-0.25, -0.2) is 9.78 Å². The van der Waals surface area contributed by atoms with E-state index in [1.165, 1.54) is 26.5 Å². The van der Waals surface area contributed by atoms with Crippen molar-refractivity contribution in [3.8, 4) is 5.75 Å². The summed E-state index contributed by atoms with van der Waals surface area (Å²) >= 11 is 0. The molecule has 0 atom stereocenters. The standard InChI is InChI=1S/C8H10BNO5/c1-14-6-3-5(9(12)13)4-10-7(6)8(11)15-2/h3-4,12-13H,1-2H3. The molecule has 7 heteroatoms. The first-order chi connectivity index (χ1) is 7.10. The van der Waals surface area contributed by atoms with Crippen LogP contribution in [0.1, 0.15) is 10.5 Å². The van der Waals surface area contributed by atoms with Gasteiger partial charge in [0.1, 0.15) is 0 Å². The summed E-state index contributed by atoms with van der Waals surface area (Å²) in [6.07, 6.45) is 1.17. The van der Waals surface area contributed by atoms with Crippen molar-refractivity contribution in [3.63, 3.8) is 0 Å². The first-order valence-electron chi connectivity index (χ1n) is 4.08. The molecule has 80 valence electrons. The minimum Gasteiger partial charge on any atom is -0.494 e. The van der Waals surface area contributed by atoms with Crippen molar-refractivity contribution >= 4 is 18.6 Å². The number of pyridine rings is 1. The summed E-state index contributed by atoms with van der Waals surface area (Å²) in [5.41, 5.74) is 0.129. The van der Waals surface area contributed by atoms with Gasteiger partial charge in [-0.2, -0.15) is 0 Å². The maximum atomic E-state index is 11.2. The molecule has 1 aromatic rings. The number of nitrogens with zero attached hydrogens (tertiary/aromatic N) is 1. The molecule has 0 aliphatic rings. The lowest BCUT2D eigenvalue weighted by atomic mass is 9.81. The third kappa shape index (κ3) is 2.45. The number of hydrogen-bond acceptors (Lipinski definition) is 6. The lowest BCUT2D eigenvalue weighted by Crippen LogP contribution is -2.31. The summed E-state index contributed by atoms with van der Waals surface area (Å²) in [5.74, 6) is -0.515. The van der Waals surface area contributed by atoms with Crippen molar-refractivity contribution in [2.45, 2.75) is 0 Å². The van der Waals surface area contributed by atoms with Gasteiger partial charge in [-0.15, -0.1) is 0 Å². The van der Waals surface area contributed by atoms with Crippen molar-refractivity contribution in [3.05, 3.63) is 18.0 Å². The van der Waals surface area contributed by atoms with E-state index in [1.54, 1.807) is 0 Å². The molecule has 2 N–H and O–H groups in total. The number of methoxy groups -OCH3 is 2. The molecule has 0 unspecified atom stereocenters. The Balaban J connectivity index is 3.15. The Morgan fingerprint density at radius 2 is 2.13 bits per heavy atom. The fraction of sp³-hybridized carbons (Fsp3) is 0.250. The molecule has 0 spiro atoms. The molecule has 0 saturated carbocycles. The highest BCUT2D eigenvalue weighted by molar-refractivity contribution is 6.58. The van der Waals surface area contributed by atoms with Gasteiger partial charge in [0.05, 0.1) is 14.2 Å². The van der Waals surface area contributed by atoms with Crippen LogP contribution in [-0.2, 0) is 4.74 Å². The van der Waals surface area contributed by atoms with Crippen molar-refractivity contribution in [2.75, 3.05) is 14.2 Å². The fourth-order valence-electron chi connectivity index (χ4n) is 1.01. The highest BCUT2D eigenvalue weighted by atomic mass is 16.5. The molecular formula is C8H10BNO5. The summed E-state index contributed by atoms with van der Waals surface area (Å²) in [4.78, 5) is 14.9. The summed E-state index contributed by atoms with van der Waals surface area (Å²) in [6.45, 7) is 0. The van der Waals surface area contributed by atoms with Crippen molar-refractivity contribution < 1.29 is 24.3 Å². The van der Waals surface area contributed by atoms with Crippen molar-refractivity contribution in [2.24, 2.45) is 0 Å². The van der Waals surface area contributed by atoms with Crippen LogP contribution < -0.4 is 10.2 Å². The highest BCUT2D eigenvalue weighted by Gasteiger charge is 2.19. The van der Waals surface area contributed by atoms with Crippen LogP contribution in [-0.4, -0.2) is 42.3 Å². The molecule has 1 heterocycles. The fourth-order valence-corrected chi connectivity index (χ4v) is 1.01. The van der Waals surface area contributed by atoms with Gasteiger partial charge < -0.3 is 19.5 Å². The van der Waals surface area contributed by atoms with Gasteiger partial charge in [0.25, 0.3) is 0 Å². The normalized spacial score (nSPS) is 9.60. The van der Waals surface area contributed by atoms with Crippen LogP contribution in [0.3, 0.4) is 0 Å². The Kier molecular flexibility index (Phi) is 3.65. The van der Waals surface area contributed by atoms with Crippen LogP contribution >= 0.6 is 0 Å². The van der Waals surface area contributed by atoms with Crippen LogP contribution in [0.4, 0.5) is 0 Å². The largest absolute Gasteiger partial charge is 0.494 e. The van der Waals surface area contributed by atoms with E-state index in [4.69, 9.17) is 14.8 Å². The molecule has 15 heavy (non-hydrogen) atoms. The van der Waals surface area contributed by atoms with E-state index in [9.17, 15) is 4.79 Å². The third-order valence-electron chi connectivity index (χ3n) is 1.77. The minimum atomic E-state index is -1.65. The predicted molar refractivity (Wildman–Crippen MR) is 52.0 cm³/mol. The summed E-state index contributed by atoms with van der Waals surface area (Å²) in [5, 5.41) is 17.7. The van der Waals surface area contributed by atoms with Crippen molar-refractivity contribution in [1.29, 1.82) is 0 Å². The topological polar surface area (TPSA) is 88.9 Å². The molecule has 1 rings (SSSR count). The summed E-state index contributed by atoms with van der Waals surface area (Å²) in [7, 11) is 0.910. The van der Waals surface area contributed by atoms with Gasteiger partial charge in [0.15, 0.2) is 11.4 Å². The lowest BCUT2D eigenvalue weighted by molar-refractivity contribution is 0.0590. The SMILES string of the molecule is COC(=O)c1ncc(B(O)O)cc1OC. The molecule has 0 aliphatic carbocycles. The Morgan fingerprint density at radius 1 is 1.47 bits per heavy atom.